The summed E-state index contributed by atoms with van der Waals surface area (Å²) in [7, 11) is 0. The van der Waals surface area contributed by atoms with Crippen molar-refractivity contribution < 1.29 is 39.3 Å². The SMILES string of the molecule is CSCCC(NC(=O)C(CC(=O)O)NC(=O)C(N)C(C)O)C(=O)NC(Cc1c[nH]c2ccccc12)C(=O)O. The maximum Gasteiger partial charge on any atom is 0.326 e. The molecule has 0 aliphatic carbocycles. The number of nitrogens with one attached hydrogen (secondary N) is 4. The normalized spacial score (nSPS) is 15.1. The molecule has 0 aliphatic rings. The summed E-state index contributed by atoms with van der Waals surface area (Å²) in [6.07, 6.45) is 1.46. The average Bonchev–Trinajstić information content (AvgIpc) is 3.27. The van der Waals surface area contributed by atoms with Crippen molar-refractivity contribution >= 4 is 52.3 Å². The van der Waals surface area contributed by atoms with E-state index in [0.717, 1.165) is 10.9 Å². The first-order valence-electron chi connectivity index (χ1n) is 11.8. The lowest BCUT2D eigenvalue weighted by Gasteiger charge is -2.25. The molecule has 3 amide bonds. The summed E-state index contributed by atoms with van der Waals surface area (Å²) in [5.74, 6) is -4.95. The van der Waals surface area contributed by atoms with Gasteiger partial charge in [0.05, 0.1) is 12.5 Å². The van der Waals surface area contributed by atoms with Crippen LogP contribution >= 0.6 is 11.8 Å². The third-order valence-corrected chi connectivity index (χ3v) is 6.44. The van der Waals surface area contributed by atoms with Crippen LogP contribution in [-0.4, -0.2) is 92.2 Å². The summed E-state index contributed by atoms with van der Waals surface area (Å²) in [6.45, 7) is 1.26. The number of aromatic amines is 1. The predicted molar refractivity (Wildman–Crippen MR) is 140 cm³/mol. The molecule has 1 aromatic carbocycles. The molecule has 2 rings (SSSR count). The lowest BCUT2D eigenvalue weighted by atomic mass is 10.0. The van der Waals surface area contributed by atoms with Crippen molar-refractivity contribution in [2.75, 3.05) is 12.0 Å². The largest absolute Gasteiger partial charge is 0.481 e. The Kier molecular flexibility index (Phi) is 11.6. The number of H-pyrrole nitrogens is 1. The van der Waals surface area contributed by atoms with Crippen LogP contribution in [0.1, 0.15) is 25.3 Å². The maximum absolute atomic E-state index is 13.1. The van der Waals surface area contributed by atoms with Crippen LogP contribution in [0.3, 0.4) is 0 Å². The standard InChI is InChI=1S/C24H33N5O8S/c1-12(30)20(25)23(35)28-17(10-19(31)32)22(34)27-16(7-8-38-2)21(33)29-18(24(36)37)9-13-11-26-15-6-4-3-5-14(13)15/h3-6,11-12,16-18,20,26,30H,7-10,25H2,1-2H3,(H,27,34)(H,28,35)(H,29,33)(H,31,32)(H,36,37). The molecule has 208 valence electrons. The third kappa shape index (κ3) is 8.75. The van der Waals surface area contributed by atoms with E-state index in [4.69, 9.17) is 5.73 Å². The van der Waals surface area contributed by atoms with E-state index in [0.29, 0.717) is 11.3 Å². The van der Waals surface area contributed by atoms with Crippen molar-refractivity contribution in [2.24, 2.45) is 5.73 Å². The molecule has 5 unspecified atom stereocenters. The van der Waals surface area contributed by atoms with Crippen molar-refractivity contribution in [3.05, 3.63) is 36.0 Å². The number of thioether (sulfide) groups is 1. The van der Waals surface area contributed by atoms with Crippen molar-refractivity contribution in [1.29, 1.82) is 0 Å². The number of carbonyl (C=O) groups is 5. The summed E-state index contributed by atoms with van der Waals surface area (Å²) in [5, 5.41) is 36.3. The van der Waals surface area contributed by atoms with Crippen LogP contribution in [0, 0.1) is 0 Å². The fourth-order valence-corrected chi connectivity index (χ4v) is 4.11. The van der Waals surface area contributed by atoms with E-state index in [9.17, 15) is 39.3 Å². The van der Waals surface area contributed by atoms with Gasteiger partial charge in [0.15, 0.2) is 0 Å². The van der Waals surface area contributed by atoms with Crippen molar-refractivity contribution in [2.45, 2.75) is 56.5 Å². The topological polar surface area (TPSA) is 224 Å². The Morgan fingerprint density at radius 2 is 1.58 bits per heavy atom. The number of fused-ring (bicyclic) bond motifs is 1. The number of para-hydroxylation sites is 1. The smallest absolute Gasteiger partial charge is 0.326 e. The molecule has 1 aromatic heterocycles. The lowest BCUT2D eigenvalue weighted by molar-refractivity contribution is -0.143. The van der Waals surface area contributed by atoms with Gasteiger partial charge >= 0.3 is 11.9 Å². The Bertz CT molecular complexity index is 1150. The monoisotopic (exact) mass is 551 g/mol. The first-order chi connectivity index (χ1) is 17.9. The number of aliphatic hydroxyl groups excluding tert-OH is 1. The minimum atomic E-state index is -1.59. The maximum atomic E-state index is 13.1. The minimum Gasteiger partial charge on any atom is -0.481 e. The molecule has 13 nitrogen and oxygen atoms in total. The second-order valence-electron chi connectivity index (χ2n) is 8.73. The van der Waals surface area contributed by atoms with Gasteiger partial charge in [0.25, 0.3) is 0 Å². The fourth-order valence-electron chi connectivity index (χ4n) is 3.64. The molecule has 0 radical (unpaired) electrons. The van der Waals surface area contributed by atoms with Crippen LogP contribution in [0.5, 0.6) is 0 Å². The highest BCUT2D eigenvalue weighted by Crippen LogP contribution is 2.19. The van der Waals surface area contributed by atoms with Gasteiger partial charge in [-0.15, -0.1) is 0 Å². The Labute approximate surface area is 222 Å². The number of aliphatic hydroxyl groups is 1. The van der Waals surface area contributed by atoms with Gasteiger partial charge in [-0.05, 0) is 37.0 Å². The molecule has 9 N–H and O–H groups in total. The average molecular weight is 552 g/mol. The van der Waals surface area contributed by atoms with Crippen LogP contribution in [0.25, 0.3) is 10.9 Å². The van der Waals surface area contributed by atoms with Crippen LogP contribution < -0.4 is 21.7 Å². The molecule has 5 atom stereocenters. The number of amides is 3. The van der Waals surface area contributed by atoms with Crippen LogP contribution in [0.15, 0.2) is 30.5 Å². The Hall–Kier alpha value is -3.62. The van der Waals surface area contributed by atoms with Crippen molar-refractivity contribution in [3.63, 3.8) is 0 Å². The van der Waals surface area contributed by atoms with E-state index < -0.39 is 66.4 Å². The first-order valence-corrected chi connectivity index (χ1v) is 13.2. The van der Waals surface area contributed by atoms with Gasteiger partial charge in [-0.1, -0.05) is 18.2 Å². The molecule has 0 spiro atoms. The van der Waals surface area contributed by atoms with Gasteiger partial charge in [0.2, 0.25) is 17.7 Å². The molecule has 38 heavy (non-hydrogen) atoms. The molecule has 2 aromatic rings. The Balaban J connectivity index is 2.18. The van der Waals surface area contributed by atoms with Gasteiger partial charge in [0.1, 0.15) is 24.2 Å². The fraction of sp³-hybridized carbons (Fsp3) is 0.458. The molecule has 0 bridgehead atoms. The number of carboxylic acid groups (broad SMARTS) is 2. The van der Waals surface area contributed by atoms with E-state index in [1.165, 1.54) is 18.7 Å². The molecular formula is C24H33N5O8S. The number of carboxylic acids is 2. The number of hydrogen-bond acceptors (Lipinski definition) is 8. The number of hydrogen-bond donors (Lipinski definition) is 8. The number of rotatable bonds is 15. The van der Waals surface area contributed by atoms with E-state index in [2.05, 4.69) is 20.9 Å². The summed E-state index contributed by atoms with van der Waals surface area (Å²) < 4.78 is 0. The van der Waals surface area contributed by atoms with Crippen molar-refractivity contribution in [1.82, 2.24) is 20.9 Å². The molecule has 0 saturated carbocycles. The third-order valence-electron chi connectivity index (χ3n) is 5.79. The minimum absolute atomic E-state index is 0.0246. The molecule has 0 fully saturated rings. The molecular weight excluding hydrogens is 518 g/mol. The molecule has 1 heterocycles. The van der Waals surface area contributed by atoms with Crippen LogP contribution in [0.2, 0.25) is 0 Å². The highest BCUT2D eigenvalue weighted by molar-refractivity contribution is 7.98. The van der Waals surface area contributed by atoms with E-state index in [1.54, 1.807) is 12.5 Å². The highest BCUT2D eigenvalue weighted by atomic mass is 32.2. The van der Waals surface area contributed by atoms with E-state index >= 15 is 0 Å². The quantitative estimate of drug-likeness (QED) is 0.137. The molecule has 0 saturated heterocycles. The van der Waals surface area contributed by atoms with Gasteiger partial charge in [-0.2, -0.15) is 11.8 Å². The Morgan fingerprint density at radius 1 is 0.974 bits per heavy atom. The summed E-state index contributed by atoms with van der Waals surface area (Å²) in [4.78, 5) is 64.5. The zero-order chi connectivity index (χ0) is 28.4. The number of nitrogens with two attached hydrogens (primary N) is 1. The summed E-state index contributed by atoms with van der Waals surface area (Å²) >= 11 is 1.38. The number of benzene rings is 1. The van der Waals surface area contributed by atoms with E-state index in [1.807, 2.05) is 24.3 Å². The zero-order valence-electron chi connectivity index (χ0n) is 21.0. The summed E-state index contributed by atoms with van der Waals surface area (Å²) in [6, 6.07) is 1.78. The van der Waals surface area contributed by atoms with Gasteiger partial charge in [-0.3, -0.25) is 19.2 Å². The number of aliphatic carboxylic acids is 2. The first kappa shape index (κ1) is 30.6. The summed E-state index contributed by atoms with van der Waals surface area (Å²) in [5.41, 5.74) is 7.05. The Morgan fingerprint density at radius 3 is 2.18 bits per heavy atom. The van der Waals surface area contributed by atoms with Gasteiger partial charge in [0, 0.05) is 23.5 Å². The van der Waals surface area contributed by atoms with Crippen LogP contribution in [0.4, 0.5) is 0 Å². The number of carbonyl (C=O) groups excluding carboxylic acids is 3. The number of aromatic nitrogens is 1. The van der Waals surface area contributed by atoms with Gasteiger partial charge < -0.3 is 42.0 Å². The second kappa shape index (κ2) is 14.4. The van der Waals surface area contributed by atoms with Gasteiger partial charge in [-0.25, -0.2) is 4.79 Å². The lowest BCUT2D eigenvalue weighted by Crippen LogP contribution is -2.58. The predicted octanol–water partition coefficient (Wildman–Crippen LogP) is -0.815. The highest BCUT2D eigenvalue weighted by Gasteiger charge is 2.32. The molecule has 14 heteroatoms. The van der Waals surface area contributed by atoms with Crippen molar-refractivity contribution in [3.8, 4) is 0 Å². The second-order valence-corrected chi connectivity index (χ2v) is 9.72. The van der Waals surface area contributed by atoms with E-state index in [-0.39, 0.29) is 12.8 Å². The van der Waals surface area contributed by atoms with Crippen LogP contribution in [-0.2, 0) is 30.4 Å². The zero-order valence-corrected chi connectivity index (χ0v) is 21.8. The molecule has 0 aliphatic heterocycles.